The van der Waals surface area contributed by atoms with Crippen molar-refractivity contribution in [3.63, 3.8) is 0 Å². The van der Waals surface area contributed by atoms with Gasteiger partial charge in [0.2, 0.25) is 5.91 Å². The fraction of sp³-hybridized carbons (Fsp3) is 0.708. The van der Waals surface area contributed by atoms with E-state index in [0.717, 1.165) is 63.8 Å². The van der Waals surface area contributed by atoms with Crippen LogP contribution in [0.5, 0.6) is 0 Å². The Bertz CT molecular complexity index is 729. The number of likely N-dealkylation sites (N-methyl/N-ethyl adjacent to an activating group) is 1. The van der Waals surface area contributed by atoms with Gasteiger partial charge in [-0.3, -0.25) is 10.2 Å². The van der Waals surface area contributed by atoms with Gasteiger partial charge in [-0.25, -0.2) is 9.82 Å². The summed E-state index contributed by atoms with van der Waals surface area (Å²) in [7, 11) is 1.96. The molecule has 1 aromatic carbocycles. The molecule has 1 aromatic rings. The summed E-state index contributed by atoms with van der Waals surface area (Å²) in [5, 5.41) is 0. The normalized spacial score (nSPS) is 32.0. The fourth-order valence-electron chi connectivity index (χ4n) is 5.72. The van der Waals surface area contributed by atoms with Crippen molar-refractivity contribution in [1.29, 1.82) is 0 Å². The summed E-state index contributed by atoms with van der Waals surface area (Å²) in [6.07, 6.45) is 6.58. The number of benzene rings is 1. The van der Waals surface area contributed by atoms with Crippen molar-refractivity contribution in [2.75, 3.05) is 33.2 Å². The molecule has 3 aliphatic rings. The maximum atomic E-state index is 13.9. The second-order valence-electron chi connectivity index (χ2n) is 9.82. The Labute approximate surface area is 180 Å². The molecule has 1 aliphatic carbocycles. The molecule has 0 spiro atoms. The number of nitrogens with zero attached hydrogens (tertiary/aromatic N) is 2. The number of nitrogens with one attached hydrogen (secondary N) is 2. The monoisotopic (exact) mass is 416 g/mol. The third-order valence-electron chi connectivity index (χ3n) is 7.45. The number of hydrazine groups is 1. The summed E-state index contributed by atoms with van der Waals surface area (Å²) < 4.78 is 13.9. The molecule has 6 heteroatoms. The van der Waals surface area contributed by atoms with E-state index in [1.165, 1.54) is 6.42 Å². The number of halogens is 1. The highest BCUT2D eigenvalue weighted by molar-refractivity contribution is 5.82. The summed E-state index contributed by atoms with van der Waals surface area (Å²) >= 11 is 0. The summed E-state index contributed by atoms with van der Waals surface area (Å²) in [4.78, 5) is 17.6. The quantitative estimate of drug-likeness (QED) is 0.749. The summed E-state index contributed by atoms with van der Waals surface area (Å²) in [6, 6.07) is 7.41. The van der Waals surface area contributed by atoms with Crippen molar-refractivity contribution in [2.24, 2.45) is 17.8 Å². The highest BCUT2D eigenvalue weighted by atomic mass is 19.1. The van der Waals surface area contributed by atoms with Gasteiger partial charge in [0.15, 0.2) is 0 Å². The van der Waals surface area contributed by atoms with Crippen LogP contribution in [0.25, 0.3) is 0 Å². The minimum atomic E-state index is -0.107. The largest absolute Gasteiger partial charge is 0.344 e. The first-order valence-electron chi connectivity index (χ1n) is 11.7. The van der Waals surface area contributed by atoms with Gasteiger partial charge in [0.1, 0.15) is 11.9 Å². The van der Waals surface area contributed by atoms with Crippen LogP contribution in [-0.4, -0.2) is 61.0 Å². The molecule has 0 radical (unpaired) electrons. The van der Waals surface area contributed by atoms with Crippen LogP contribution in [0.4, 0.5) is 4.39 Å². The summed E-state index contributed by atoms with van der Waals surface area (Å²) in [6.45, 7) is 6.05. The van der Waals surface area contributed by atoms with Gasteiger partial charge in [0, 0.05) is 38.6 Å². The highest BCUT2D eigenvalue weighted by Crippen LogP contribution is 2.34. The van der Waals surface area contributed by atoms with Gasteiger partial charge in [-0.2, -0.15) is 0 Å². The van der Waals surface area contributed by atoms with Gasteiger partial charge in [-0.05, 0) is 68.5 Å². The number of fused-ring (bicyclic) bond motifs is 1. The van der Waals surface area contributed by atoms with Crippen LogP contribution in [0.15, 0.2) is 24.3 Å². The van der Waals surface area contributed by atoms with Gasteiger partial charge in [0.25, 0.3) is 0 Å². The summed E-state index contributed by atoms with van der Waals surface area (Å²) in [5.74, 6) is 1.72. The molecule has 2 aliphatic heterocycles. The van der Waals surface area contributed by atoms with Crippen LogP contribution in [-0.2, 0) is 11.2 Å². The lowest BCUT2D eigenvalue weighted by atomic mass is 9.76. The molecular formula is C24H37FN4O. The van der Waals surface area contributed by atoms with Gasteiger partial charge < -0.3 is 9.80 Å². The minimum absolute atomic E-state index is 0.0940. The van der Waals surface area contributed by atoms with E-state index in [1.54, 1.807) is 12.1 Å². The predicted molar refractivity (Wildman–Crippen MR) is 117 cm³/mol. The van der Waals surface area contributed by atoms with Crippen LogP contribution in [0.1, 0.15) is 44.6 Å². The first kappa shape index (κ1) is 21.7. The van der Waals surface area contributed by atoms with Crippen molar-refractivity contribution in [2.45, 2.75) is 57.5 Å². The Hall–Kier alpha value is -1.50. The Morgan fingerprint density at radius 1 is 1.23 bits per heavy atom. The molecule has 2 saturated heterocycles. The first-order chi connectivity index (χ1) is 14.5. The molecule has 0 aromatic heterocycles. The van der Waals surface area contributed by atoms with Crippen LogP contribution in [0.2, 0.25) is 0 Å². The second-order valence-corrected chi connectivity index (χ2v) is 9.82. The number of piperidine rings is 1. The second kappa shape index (κ2) is 9.75. The zero-order valence-corrected chi connectivity index (χ0v) is 18.4. The average molecular weight is 417 g/mol. The van der Waals surface area contributed by atoms with Crippen LogP contribution < -0.4 is 10.9 Å². The van der Waals surface area contributed by atoms with Gasteiger partial charge >= 0.3 is 0 Å². The smallest absolute Gasteiger partial charge is 0.241 e. The number of carbonyl (C=O) groups is 1. The molecule has 1 amide bonds. The highest BCUT2D eigenvalue weighted by Gasteiger charge is 2.43. The average Bonchev–Trinajstić information content (AvgIpc) is 3.16. The molecule has 2 N–H and O–H groups in total. The molecular weight excluding hydrogens is 379 g/mol. The van der Waals surface area contributed by atoms with E-state index in [4.69, 9.17) is 0 Å². The maximum Gasteiger partial charge on any atom is 0.241 e. The van der Waals surface area contributed by atoms with Crippen molar-refractivity contribution in [3.05, 3.63) is 35.6 Å². The van der Waals surface area contributed by atoms with E-state index in [-0.39, 0.29) is 17.8 Å². The van der Waals surface area contributed by atoms with E-state index in [2.05, 4.69) is 22.7 Å². The molecule has 166 valence electrons. The number of carbonyl (C=O) groups excluding carboxylic acids is 1. The molecule has 5 atom stereocenters. The SMILES string of the molecule is CC1CCC2NNC(C(=O)N(C)CC3CCCN(CCc4ccccc4F)C3)C2C1. The molecule has 0 bridgehead atoms. The van der Waals surface area contributed by atoms with Gasteiger partial charge in [-0.1, -0.05) is 25.1 Å². The lowest BCUT2D eigenvalue weighted by Crippen LogP contribution is -2.49. The van der Waals surface area contributed by atoms with E-state index in [0.29, 0.717) is 23.8 Å². The maximum absolute atomic E-state index is 13.9. The molecule has 30 heavy (non-hydrogen) atoms. The lowest BCUT2D eigenvalue weighted by molar-refractivity contribution is -0.134. The number of hydrogen-bond acceptors (Lipinski definition) is 4. The van der Waals surface area contributed by atoms with Gasteiger partial charge in [-0.15, -0.1) is 0 Å². The third kappa shape index (κ3) is 5.04. The molecule has 3 fully saturated rings. The van der Waals surface area contributed by atoms with Crippen molar-refractivity contribution in [1.82, 2.24) is 20.7 Å². The van der Waals surface area contributed by atoms with Gasteiger partial charge in [0.05, 0.1) is 0 Å². The number of amides is 1. The lowest BCUT2D eigenvalue weighted by Gasteiger charge is -2.36. The molecule has 5 nitrogen and oxygen atoms in total. The molecule has 5 unspecified atom stereocenters. The Kier molecular flexibility index (Phi) is 7.06. The Morgan fingerprint density at radius 3 is 2.90 bits per heavy atom. The van der Waals surface area contributed by atoms with Crippen molar-refractivity contribution in [3.8, 4) is 0 Å². The van der Waals surface area contributed by atoms with Crippen molar-refractivity contribution < 1.29 is 9.18 Å². The molecule has 2 heterocycles. The first-order valence-corrected chi connectivity index (χ1v) is 11.7. The minimum Gasteiger partial charge on any atom is -0.344 e. The van der Waals surface area contributed by atoms with Crippen LogP contribution in [0.3, 0.4) is 0 Å². The number of likely N-dealkylation sites (tertiary alicyclic amines) is 1. The Balaban J connectivity index is 1.27. The van der Waals surface area contributed by atoms with E-state index >= 15 is 0 Å². The van der Waals surface area contributed by atoms with E-state index in [1.807, 2.05) is 24.1 Å². The number of rotatable bonds is 6. The Morgan fingerprint density at radius 2 is 2.07 bits per heavy atom. The predicted octanol–water partition coefficient (Wildman–Crippen LogP) is 2.82. The van der Waals surface area contributed by atoms with E-state index < -0.39 is 0 Å². The fourth-order valence-corrected chi connectivity index (χ4v) is 5.72. The van der Waals surface area contributed by atoms with Crippen LogP contribution in [0, 0.1) is 23.6 Å². The zero-order chi connectivity index (χ0) is 21.1. The van der Waals surface area contributed by atoms with E-state index in [9.17, 15) is 9.18 Å². The standard InChI is InChI=1S/C24H37FN4O/c1-17-9-10-22-20(14-17)23(27-26-22)24(30)28(2)15-18-6-5-12-29(16-18)13-11-19-7-3-4-8-21(19)25/h3-4,7-8,17-18,20,22-23,26-27H,5-6,9-16H2,1-2H3. The molecule has 1 saturated carbocycles. The van der Waals surface area contributed by atoms with Crippen molar-refractivity contribution >= 4 is 5.91 Å². The summed E-state index contributed by atoms with van der Waals surface area (Å²) in [5.41, 5.74) is 7.47. The number of hydrogen-bond donors (Lipinski definition) is 2. The topological polar surface area (TPSA) is 47.6 Å². The zero-order valence-electron chi connectivity index (χ0n) is 18.4. The molecule has 4 rings (SSSR count). The third-order valence-corrected chi connectivity index (χ3v) is 7.45. The van der Waals surface area contributed by atoms with Crippen LogP contribution >= 0.6 is 0 Å².